The molecule has 2 rings (SSSR count). The third-order valence-electron chi connectivity index (χ3n) is 5.00. The number of nitrogens with one attached hydrogen (secondary N) is 1. The molecule has 2 aliphatic rings. The van der Waals surface area contributed by atoms with E-state index >= 15 is 0 Å². The Labute approximate surface area is 114 Å². The summed E-state index contributed by atoms with van der Waals surface area (Å²) in [6, 6.07) is 1.69. The fourth-order valence-electron chi connectivity index (χ4n) is 3.92. The Morgan fingerprint density at radius 2 is 1.94 bits per heavy atom. The summed E-state index contributed by atoms with van der Waals surface area (Å²) in [7, 11) is 0. The predicted octanol–water partition coefficient (Wildman–Crippen LogP) is 3.42. The summed E-state index contributed by atoms with van der Waals surface area (Å²) < 4.78 is 0. The highest BCUT2D eigenvalue weighted by molar-refractivity contribution is 4.87. The Balaban J connectivity index is 1.82. The molecule has 18 heavy (non-hydrogen) atoms. The number of rotatable bonds is 6. The predicted molar refractivity (Wildman–Crippen MR) is 78.9 cm³/mol. The van der Waals surface area contributed by atoms with Crippen LogP contribution < -0.4 is 5.32 Å². The van der Waals surface area contributed by atoms with Gasteiger partial charge in [-0.1, -0.05) is 26.7 Å². The SMILES string of the molecule is CCCNC1CCCC1CN1CCCCC1CC. The molecule has 0 amide bonds. The van der Waals surface area contributed by atoms with Gasteiger partial charge in [-0.3, -0.25) is 0 Å². The quantitative estimate of drug-likeness (QED) is 0.779. The van der Waals surface area contributed by atoms with Gasteiger partial charge in [0, 0.05) is 18.6 Å². The Hall–Kier alpha value is -0.0800. The zero-order chi connectivity index (χ0) is 12.8. The molecule has 1 aliphatic carbocycles. The van der Waals surface area contributed by atoms with Crippen LogP contribution in [0.15, 0.2) is 0 Å². The first-order chi connectivity index (χ1) is 8.85. The van der Waals surface area contributed by atoms with Crippen molar-refractivity contribution in [2.45, 2.75) is 77.3 Å². The van der Waals surface area contributed by atoms with Crippen molar-refractivity contribution in [2.75, 3.05) is 19.6 Å². The van der Waals surface area contributed by atoms with E-state index in [9.17, 15) is 0 Å². The van der Waals surface area contributed by atoms with Crippen LogP contribution in [0.25, 0.3) is 0 Å². The van der Waals surface area contributed by atoms with Gasteiger partial charge < -0.3 is 10.2 Å². The number of piperidine rings is 1. The molecule has 0 spiro atoms. The van der Waals surface area contributed by atoms with Gasteiger partial charge in [0.1, 0.15) is 0 Å². The van der Waals surface area contributed by atoms with Gasteiger partial charge in [-0.05, 0) is 57.5 Å². The van der Waals surface area contributed by atoms with Gasteiger partial charge in [-0.25, -0.2) is 0 Å². The molecule has 1 heterocycles. The Morgan fingerprint density at radius 1 is 1.06 bits per heavy atom. The second kappa shape index (κ2) is 7.49. The topological polar surface area (TPSA) is 15.3 Å². The van der Waals surface area contributed by atoms with Crippen LogP contribution in [-0.4, -0.2) is 36.6 Å². The van der Waals surface area contributed by atoms with Crippen molar-refractivity contribution in [3.8, 4) is 0 Å². The van der Waals surface area contributed by atoms with E-state index in [-0.39, 0.29) is 0 Å². The van der Waals surface area contributed by atoms with Gasteiger partial charge in [-0.15, -0.1) is 0 Å². The zero-order valence-electron chi connectivity index (χ0n) is 12.5. The lowest BCUT2D eigenvalue weighted by molar-refractivity contribution is 0.115. The van der Waals surface area contributed by atoms with Gasteiger partial charge in [0.2, 0.25) is 0 Å². The largest absolute Gasteiger partial charge is 0.314 e. The maximum Gasteiger partial charge on any atom is 0.0107 e. The molecule has 106 valence electrons. The third-order valence-corrected chi connectivity index (χ3v) is 5.00. The fraction of sp³-hybridized carbons (Fsp3) is 1.00. The smallest absolute Gasteiger partial charge is 0.0107 e. The van der Waals surface area contributed by atoms with E-state index in [1.807, 2.05) is 0 Å². The van der Waals surface area contributed by atoms with Crippen LogP contribution in [0, 0.1) is 5.92 Å². The second-order valence-corrected chi connectivity index (χ2v) is 6.30. The summed E-state index contributed by atoms with van der Waals surface area (Å²) in [6.07, 6.45) is 11.2. The van der Waals surface area contributed by atoms with Crippen LogP contribution >= 0.6 is 0 Å². The van der Waals surface area contributed by atoms with Gasteiger partial charge >= 0.3 is 0 Å². The molecule has 0 bridgehead atoms. The van der Waals surface area contributed by atoms with Gasteiger partial charge in [0.05, 0.1) is 0 Å². The number of hydrogen-bond donors (Lipinski definition) is 1. The standard InChI is InChI=1S/C16H32N2/c1-3-11-17-16-10-7-8-14(16)13-18-12-6-5-9-15(18)4-2/h14-17H,3-13H2,1-2H3. The summed E-state index contributed by atoms with van der Waals surface area (Å²) in [5.41, 5.74) is 0. The summed E-state index contributed by atoms with van der Waals surface area (Å²) in [4.78, 5) is 2.81. The van der Waals surface area contributed by atoms with Crippen LogP contribution in [0.5, 0.6) is 0 Å². The highest BCUT2D eigenvalue weighted by atomic mass is 15.2. The van der Waals surface area contributed by atoms with E-state index in [0.29, 0.717) is 0 Å². The number of hydrogen-bond acceptors (Lipinski definition) is 2. The van der Waals surface area contributed by atoms with Crippen molar-refractivity contribution in [3.05, 3.63) is 0 Å². The van der Waals surface area contributed by atoms with Crippen molar-refractivity contribution >= 4 is 0 Å². The summed E-state index contributed by atoms with van der Waals surface area (Å²) >= 11 is 0. The molecule has 1 saturated heterocycles. The number of nitrogens with zero attached hydrogens (tertiary/aromatic N) is 1. The monoisotopic (exact) mass is 252 g/mol. The Kier molecular flexibility index (Phi) is 5.97. The molecule has 1 N–H and O–H groups in total. The molecule has 0 radical (unpaired) electrons. The first-order valence-corrected chi connectivity index (χ1v) is 8.32. The van der Waals surface area contributed by atoms with Crippen molar-refractivity contribution < 1.29 is 0 Å². The van der Waals surface area contributed by atoms with Crippen LogP contribution in [0.4, 0.5) is 0 Å². The van der Waals surface area contributed by atoms with Crippen LogP contribution in [0.2, 0.25) is 0 Å². The maximum atomic E-state index is 3.78. The average molecular weight is 252 g/mol. The summed E-state index contributed by atoms with van der Waals surface area (Å²) in [5, 5.41) is 3.78. The van der Waals surface area contributed by atoms with Crippen LogP contribution in [-0.2, 0) is 0 Å². The van der Waals surface area contributed by atoms with E-state index < -0.39 is 0 Å². The third kappa shape index (κ3) is 3.71. The molecule has 0 aromatic heterocycles. The first-order valence-electron chi connectivity index (χ1n) is 8.32. The van der Waals surface area contributed by atoms with Gasteiger partial charge in [-0.2, -0.15) is 0 Å². The van der Waals surface area contributed by atoms with E-state index in [2.05, 4.69) is 24.1 Å². The highest BCUT2D eigenvalue weighted by Gasteiger charge is 2.30. The lowest BCUT2D eigenvalue weighted by Gasteiger charge is -2.38. The lowest BCUT2D eigenvalue weighted by Crippen LogP contribution is -2.45. The van der Waals surface area contributed by atoms with E-state index in [1.165, 1.54) is 71.0 Å². The minimum absolute atomic E-state index is 0.810. The van der Waals surface area contributed by atoms with E-state index in [4.69, 9.17) is 0 Å². The lowest BCUT2D eigenvalue weighted by atomic mass is 9.96. The highest BCUT2D eigenvalue weighted by Crippen LogP contribution is 2.29. The van der Waals surface area contributed by atoms with Crippen molar-refractivity contribution in [3.63, 3.8) is 0 Å². The molecule has 3 atom stereocenters. The molecule has 0 aromatic rings. The van der Waals surface area contributed by atoms with Gasteiger partial charge in [0.25, 0.3) is 0 Å². The normalized spacial score (nSPS) is 34.0. The molecule has 0 aromatic carbocycles. The summed E-state index contributed by atoms with van der Waals surface area (Å²) in [6.45, 7) is 8.56. The van der Waals surface area contributed by atoms with Crippen molar-refractivity contribution in [1.29, 1.82) is 0 Å². The van der Waals surface area contributed by atoms with Gasteiger partial charge in [0.15, 0.2) is 0 Å². The first kappa shape index (κ1) is 14.3. The number of likely N-dealkylation sites (tertiary alicyclic amines) is 1. The molecule has 1 saturated carbocycles. The summed E-state index contributed by atoms with van der Waals surface area (Å²) in [5.74, 6) is 0.920. The molecular weight excluding hydrogens is 220 g/mol. The minimum atomic E-state index is 0.810. The molecule has 2 fully saturated rings. The molecule has 2 heteroatoms. The minimum Gasteiger partial charge on any atom is -0.314 e. The van der Waals surface area contributed by atoms with Crippen LogP contribution in [0.3, 0.4) is 0 Å². The molecule has 1 aliphatic heterocycles. The fourth-order valence-corrected chi connectivity index (χ4v) is 3.92. The maximum absolute atomic E-state index is 3.78. The van der Waals surface area contributed by atoms with Crippen molar-refractivity contribution in [2.24, 2.45) is 5.92 Å². The van der Waals surface area contributed by atoms with Crippen molar-refractivity contribution in [1.82, 2.24) is 10.2 Å². The van der Waals surface area contributed by atoms with Crippen LogP contribution in [0.1, 0.15) is 65.2 Å². The Bertz CT molecular complexity index is 229. The average Bonchev–Trinajstić information content (AvgIpc) is 2.84. The second-order valence-electron chi connectivity index (χ2n) is 6.30. The molecular formula is C16H32N2. The van der Waals surface area contributed by atoms with E-state index in [0.717, 1.165) is 18.0 Å². The zero-order valence-corrected chi connectivity index (χ0v) is 12.5. The van der Waals surface area contributed by atoms with E-state index in [1.54, 1.807) is 0 Å². The Morgan fingerprint density at radius 3 is 2.72 bits per heavy atom. The molecule has 2 nitrogen and oxygen atoms in total. The molecule has 3 unspecified atom stereocenters.